The van der Waals surface area contributed by atoms with Gasteiger partial charge >= 0.3 is 0 Å². The zero-order valence-corrected chi connectivity index (χ0v) is 9.54. The van der Waals surface area contributed by atoms with Crippen LogP contribution in [0.1, 0.15) is 33.6 Å². The molecule has 0 spiro atoms. The van der Waals surface area contributed by atoms with Gasteiger partial charge in [-0.05, 0) is 27.2 Å². The summed E-state index contributed by atoms with van der Waals surface area (Å²) in [5, 5.41) is 13.8. The van der Waals surface area contributed by atoms with E-state index in [0.717, 1.165) is 0 Å². The second-order valence-electron chi connectivity index (χ2n) is 3.78. The fourth-order valence-electron chi connectivity index (χ4n) is 1.03. The topological polar surface area (TPSA) is 78.4 Å². The molecule has 0 bridgehead atoms. The molecule has 1 unspecified atom stereocenters. The van der Waals surface area contributed by atoms with Crippen molar-refractivity contribution in [3.05, 3.63) is 0 Å². The molecule has 0 heterocycles. The smallest absolute Gasteiger partial charge is 0.242 e. The SMILES string of the molecule is CC(C)NC(=O)C(C)NC(=O)CCCO. The molecule has 0 aliphatic carbocycles. The van der Waals surface area contributed by atoms with Gasteiger partial charge in [-0.1, -0.05) is 0 Å². The van der Waals surface area contributed by atoms with E-state index in [1.54, 1.807) is 6.92 Å². The molecule has 0 saturated heterocycles. The van der Waals surface area contributed by atoms with Crippen LogP contribution >= 0.6 is 0 Å². The van der Waals surface area contributed by atoms with Crippen molar-refractivity contribution in [3.63, 3.8) is 0 Å². The van der Waals surface area contributed by atoms with Gasteiger partial charge in [0.1, 0.15) is 6.04 Å². The average molecular weight is 216 g/mol. The van der Waals surface area contributed by atoms with E-state index in [1.165, 1.54) is 0 Å². The summed E-state index contributed by atoms with van der Waals surface area (Å²) < 4.78 is 0. The molecule has 2 amide bonds. The van der Waals surface area contributed by atoms with Crippen LogP contribution in [-0.2, 0) is 9.59 Å². The minimum absolute atomic E-state index is 0.0139. The van der Waals surface area contributed by atoms with E-state index in [0.29, 0.717) is 6.42 Å². The summed E-state index contributed by atoms with van der Waals surface area (Å²) in [6.07, 6.45) is 0.667. The number of amides is 2. The van der Waals surface area contributed by atoms with Crippen molar-refractivity contribution in [3.8, 4) is 0 Å². The molecule has 0 fully saturated rings. The second kappa shape index (κ2) is 7.23. The quantitative estimate of drug-likeness (QED) is 0.575. The lowest BCUT2D eigenvalue weighted by Gasteiger charge is -2.15. The standard InChI is InChI=1S/C10H20N2O3/c1-7(2)11-10(15)8(3)12-9(14)5-4-6-13/h7-8,13H,4-6H2,1-3H3,(H,11,15)(H,12,14). The fourth-order valence-corrected chi connectivity index (χ4v) is 1.03. The van der Waals surface area contributed by atoms with Crippen LogP contribution in [0.4, 0.5) is 0 Å². The Balaban J connectivity index is 3.85. The predicted octanol–water partition coefficient (Wildman–Crippen LogP) is -0.212. The summed E-state index contributed by atoms with van der Waals surface area (Å²) in [6, 6.07) is -0.465. The van der Waals surface area contributed by atoms with E-state index in [1.807, 2.05) is 13.8 Å². The summed E-state index contributed by atoms with van der Waals surface area (Å²) in [5.41, 5.74) is 0. The highest BCUT2D eigenvalue weighted by Gasteiger charge is 2.15. The fraction of sp³-hybridized carbons (Fsp3) is 0.800. The number of aliphatic hydroxyl groups excluding tert-OH is 1. The molecule has 0 saturated carbocycles. The molecule has 0 radical (unpaired) electrons. The van der Waals surface area contributed by atoms with Gasteiger partial charge in [0.15, 0.2) is 0 Å². The largest absolute Gasteiger partial charge is 0.396 e. The first kappa shape index (κ1) is 13.9. The number of hydrogen-bond acceptors (Lipinski definition) is 3. The van der Waals surface area contributed by atoms with Crippen LogP contribution in [0.2, 0.25) is 0 Å². The van der Waals surface area contributed by atoms with Crippen molar-refractivity contribution in [1.29, 1.82) is 0 Å². The molecule has 0 aliphatic rings. The Kier molecular flexibility index (Phi) is 6.70. The van der Waals surface area contributed by atoms with Crippen LogP contribution in [-0.4, -0.2) is 35.6 Å². The molecule has 0 aromatic rings. The van der Waals surface area contributed by atoms with Crippen molar-refractivity contribution < 1.29 is 14.7 Å². The first-order valence-corrected chi connectivity index (χ1v) is 5.18. The lowest BCUT2D eigenvalue weighted by molar-refractivity contribution is -0.129. The van der Waals surface area contributed by atoms with Gasteiger partial charge in [-0.2, -0.15) is 0 Å². The highest BCUT2D eigenvalue weighted by atomic mass is 16.3. The number of nitrogens with one attached hydrogen (secondary N) is 2. The number of rotatable bonds is 6. The predicted molar refractivity (Wildman–Crippen MR) is 57.2 cm³/mol. The van der Waals surface area contributed by atoms with E-state index in [4.69, 9.17) is 5.11 Å². The molecule has 5 nitrogen and oxygen atoms in total. The summed E-state index contributed by atoms with van der Waals surface area (Å²) in [6.45, 7) is 5.34. The Labute approximate surface area is 90.2 Å². The van der Waals surface area contributed by atoms with Gasteiger partial charge in [-0.3, -0.25) is 9.59 Å². The van der Waals surface area contributed by atoms with Gasteiger partial charge in [0.05, 0.1) is 0 Å². The van der Waals surface area contributed by atoms with Crippen LogP contribution in [0.15, 0.2) is 0 Å². The first-order valence-electron chi connectivity index (χ1n) is 5.18. The molecule has 0 aromatic carbocycles. The molecule has 0 rings (SSSR count). The summed E-state index contributed by atoms with van der Waals surface area (Å²) in [4.78, 5) is 22.6. The van der Waals surface area contributed by atoms with Gasteiger partial charge in [0, 0.05) is 19.1 Å². The van der Waals surface area contributed by atoms with Crippen molar-refractivity contribution in [1.82, 2.24) is 10.6 Å². The zero-order chi connectivity index (χ0) is 11.8. The van der Waals surface area contributed by atoms with Crippen LogP contribution in [0.3, 0.4) is 0 Å². The van der Waals surface area contributed by atoms with Crippen molar-refractivity contribution in [2.24, 2.45) is 0 Å². The van der Waals surface area contributed by atoms with Gasteiger partial charge in [0.25, 0.3) is 0 Å². The molecule has 0 aromatic heterocycles. The van der Waals surface area contributed by atoms with Gasteiger partial charge in [-0.15, -0.1) is 0 Å². The van der Waals surface area contributed by atoms with Crippen LogP contribution in [0, 0.1) is 0 Å². The molecular formula is C10H20N2O3. The number of hydrogen-bond donors (Lipinski definition) is 3. The number of carbonyl (C=O) groups excluding carboxylic acids is 2. The zero-order valence-electron chi connectivity index (χ0n) is 9.54. The van der Waals surface area contributed by atoms with E-state index in [-0.39, 0.29) is 30.9 Å². The van der Waals surface area contributed by atoms with Crippen LogP contribution < -0.4 is 10.6 Å². The molecule has 5 heteroatoms. The minimum Gasteiger partial charge on any atom is -0.396 e. The molecular weight excluding hydrogens is 196 g/mol. The molecule has 88 valence electrons. The molecule has 3 N–H and O–H groups in total. The Morgan fingerprint density at radius 2 is 1.80 bits per heavy atom. The van der Waals surface area contributed by atoms with Crippen LogP contribution in [0.25, 0.3) is 0 Å². The highest BCUT2D eigenvalue weighted by molar-refractivity contribution is 5.87. The van der Waals surface area contributed by atoms with Crippen molar-refractivity contribution in [2.75, 3.05) is 6.61 Å². The van der Waals surface area contributed by atoms with E-state index >= 15 is 0 Å². The van der Waals surface area contributed by atoms with Crippen LogP contribution in [0.5, 0.6) is 0 Å². The summed E-state index contributed by atoms with van der Waals surface area (Å²) >= 11 is 0. The van der Waals surface area contributed by atoms with Gasteiger partial charge in [0.2, 0.25) is 11.8 Å². The Bertz CT molecular complexity index is 217. The van der Waals surface area contributed by atoms with E-state index in [2.05, 4.69) is 10.6 Å². The second-order valence-corrected chi connectivity index (χ2v) is 3.78. The average Bonchev–Trinajstić information content (AvgIpc) is 2.13. The van der Waals surface area contributed by atoms with E-state index in [9.17, 15) is 9.59 Å². The maximum absolute atomic E-state index is 11.4. The normalized spacial score (nSPS) is 12.3. The monoisotopic (exact) mass is 216 g/mol. The third-order valence-electron chi connectivity index (χ3n) is 1.76. The lowest BCUT2D eigenvalue weighted by atomic mass is 10.2. The molecule has 0 aliphatic heterocycles. The highest BCUT2D eigenvalue weighted by Crippen LogP contribution is 1.90. The number of aliphatic hydroxyl groups is 1. The van der Waals surface area contributed by atoms with Crippen molar-refractivity contribution >= 4 is 11.8 Å². The summed E-state index contributed by atoms with van der Waals surface area (Å²) in [5.74, 6) is -0.405. The van der Waals surface area contributed by atoms with Crippen molar-refractivity contribution in [2.45, 2.75) is 45.7 Å². The summed E-state index contributed by atoms with van der Waals surface area (Å²) in [7, 11) is 0. The maximum Gasteiger partial charge on any atom is 0.242 e. The lowest BCUT2D eigenvalue weighted by Crippen LogP contribution is -2.46. The van der Waals surface area contributed by atoms with E-state index < -0.39 is 6.04 Å². The first-order chi connectivity index (χ1) is 6.97. The minimum atomic E-state index is -0.529. The Hall–Kier alpha value is -1.10. The van der Waals surface area contributed by atoms with Gasteiger partial charge in [-0.25, -0.2) is 0 Å². The maximum atomic E-state index is 11.4. The molecule has 15 heavy (non-hydrogen) atoms. The Morgan fingerprint density at radius 1 is 1.20 bits per heavy atom. The third kappa shape index (κ3) is 6.90. The Morgan fingerprint density at radius 3 is 2.27 bits per heavy atom. The van der Waals surface area contributed by atoms with Gasteiger partial charge < -0.3 is 15.7 Å². The third-order valence-corrected chi connectivity index (χ3v) is 1.76. The molecule has 1 atom stereocenters. The number of carbonyl (C=O) groups is 2.